The molecule has 0 spiro atoms. The molecule has 0 aromatic carbocycles. The van der Waals surface area contributed by atoms with Crippen LogP contribution in [0.3, 0.4) is 0 Å². The second-order valence-electron chi connectivity index (χ2n) is 2.52. The fourth-order valence-corrected chi connectivity index (χ4v) is 4.38. The van der Waals surface area contributed by atoms with Gasteiger partial charge in [0.25, 0.3) is 0 Å². The maximum Gasteiger partial charge on any atom is 0.151 e. The first-order chi connectivity index (χ1) is 4.81. The summed E-state index contributed by atoms with van der Waals surface area (Å²) in [5.41, 5.74) is 0. The highest BCUT2D eigenvalue weighted by Gasteiger charge is 2.31. The van der Waals surface area contributed by atoms with Gasteiger partial charge in [-0.2, -0.15) is 0 Å². The van der Waals surface area contributed by atoms with E-state index in [0.717, 1.165) is 0 Å². The molecule has 1 saturated heterocycles. The maximum absolute atomic E-state index is 10.7. The van der Waals surface area contributed by atoms with Gasteiger partial charge in [0.2, 0.25) is 0 Å². The Bertz CT molecular complexity index is 337. The minimum absolute atomic E-state index is 0.0475. The van der Waals surface area contributed by atoms with E-state index < -0.39 is 31.0 Å². The third-order valence-electron chi connectivity index (χ3n) is 1.60. The van der Waals surface area contributed by atoms with Crippen molar-refractivity contribution < 1.29 is 21.4 Å². The Morgan fingerprint density at radius 3 is 2.09 bits per heavy atom. The molecule has 1 fully saturated rings. The lowest BCUT2D eigenvalue weighted by atomic mass is 10.4. The maximum atomic E-state index is 10.7. The zero-order valence-electron chi connectivity index (χ0n) is 5.56. The smallest absolute Gasteiger partial charge is 0.151 e. The highest BCUT2D eigenvalue weighted by molar-refractivity contribution is 7.94. The zero-order valence-corrected chi connectivity index (χ0v) is 7.19. The summed E-state index contributed by atoms with van der Waals surface area (Å²) in [7, 11) is -7.66. The van der Waals surface area contributed by atoms with Crippen LogP contribution in [0.4, 0.5) is 0 Å². The highest BCUT2D eigenvalue weighted by Crippen LogP contribution is 2.17. The first-order valence-electron chi connectivity index (χ1n) is 2.96. The molecule has 0 aromatic rings. The molecule has 0 radical (unpaired) electrons. The second kappa shape index (κ2) is 2.43. The Balaban J connectivity index is 2.87. The summed E-state index contributed by atoms with van der Waals surface area (Å²) in [6, 6.07) is 0. The molecular formula is C4H7O5S2-. The third kappa shape index (κ3) is 2.14. The average molecular weight is 199 g/mol. The number of hydrogen-bond acceptors (Lipinski definition) is 5. The summed E-state index contributed by atoms with van der Waals surface area (Å²) in [6.07, 6.45) is -0.0475. The van der Waals surface area contributed by atoms with Crippen molar-refractivity contribution in [3.63, 3.8) is 0 Å². The number of hydrogen-bond donors (Lipinski definition) is 0. The molecule has 0 bridgehead atoms. The lowest BCUT2D eigenvalue weighted by Gasteiger charge is -2.11. The fourth-order valence-electron chi connectivity index (χ4n) is 0.989. The van der Waals surface area contributed by atoms with Crippen molar-refractivity contribution in [3.8, 4) is 0 Å². The fraction of sp³-hybridized carbons (Fsp3) is 1.00. The van der Waals surface area contributed by atoms with Crippen LogP contribution in [0.5, 0.6) is 0 Å². The van der Waals surface area contributed by atoms with E-state index in [0.29, 0.717) is 0 Å². The Morgan fingerprint density at radius 2 is 1.91 bits per heavy atom. The number of sulfone groups is 1. The van der Waals surface area contributed by atoms with Gasteiger partial charge >= 0.3 is 0 Å². The molecule has 66 valence electrons. The van der Waals surface area contributed by atoms with Crippen molar-refractivity contribution >= 4 is 20.0 Å². The predicted molar refractivity (Wildman–Crippen MR) is 36.8 cm³/mol. The van der Waals surface area contributed by atoms with Gasteiger partial charge in [0.1, 0.15) is 0 Å². The van der Waals surface area contributed by atoms with Crippen LogP contribution in [0.1, 0.15) is 6.42 Å². The van der Waals surface area contributed by atoms with Gasteiger partial charge < -0.3 is 4.55 Å². The van der Waals surface area contributed by atoms with E-state index in [4.69, 9.17) is 0 Å². The van der Waals surface area contributed by atoms with Crippen molar-refractivity contribution in [1.82, 2.24) is 0 Å². The van der Waals surface area contributed by atoms with Gasteiger partial charge in [-0.3, -0.25) is 0 Å². The topological polar surface area (TPSA) is 91.3 Å². The Morgan fingerprint density at radius 1 is 1.36 bits per heavy atom. The van der Waals surface area contributed by atoms with Crippen LogP contribution in [0.15, 0.2) is 0 Å². The monoisotopic (exact) mass is 199 g/mol. The van der Waals surface area contributed by atoms with E-state index in [1.807, 2.05) is 0 Å². The molecule has 0 amide bonds. The molecule has 1 aliphatic heterocycles. The quantitative estimate of drug-likeness (QED) is 0.490. The summed E-state index contributed by atoms with van der Waals surface area (Å²) in [5, 5.41) is -1.22. The Hall–Kier alpha value is -0.140. The molecule has 11 heavy (non-hydrogen) atoms. The molecule has 0 aromatic heterocycles. The number of rotatable bonds is 1. The minimum atomic E-state index is -4.40. The van der Waals surface area contributed by atoms with Crippen LogP contribution in [0, 0.1) is 0 Å². The van der Waals surface area contributed by atoms with Gasteiger partial charge in [-0.05, 0) is 6.42 Å². The van der Waals surface area contributed by atoms with E-state index in [2.05, 4.69) is 0 Å². The van der Waals surface area contributed by atoms with Crippen molar-refractivity contribution in [2.45, 2.75) is 11.7 Å². The lowest BCUT2D eigenvalue weighted by molar-refractivity contribution is 0.451. The molecule has 0 unspecified atom stereocenters. The summed E-state index contributed by atoms with van der Waals surface area (Å²) >= 11 is 0. The summed E-state index contributed by atoms with van der Waals surface area (Å²) < 4.78 is 52.3. The van der Waals surface area contributed by atoms with Crippen LogP contribution < -0.4 is 0 Å². The van der Waals surface area contributed by atoms with Gasteiger partial charge in [0, 0.05) is 0 Å². The SMILES string of the molecule is O=S1(=O)CC[C@@H](S(=O)(=O)[O-])C1. The van der Waals surface area contributed by atoms with E-state index >= 15 is 0 Å². The Labute approximate surface area is 65.1 Å². The Kier molecular flexibility index (Phi) is 1.97. The molecule has 1 atom stereocenters. The minimum Gasteiger partial charge on any atom is -0.748 e. The average Bonchev–Trinajstić information content (AvgIpc) is 2.07. The molecule has 1 heterocycles. The van der Waals surface area contributed by atoms with Crippen LogP contribution in [0.25, 0.3) is 0 Å². The molecular weight excluding hydrogens is 192 g/mol. The summed E-state index contributed by atoms with van der Waals surface area (Å²) in [5.74, 6) is -0.683. The zero-order chi connectivity index (χ0) is 8.70. The van der Waals surface area contributed by atoms with Gasteiger partial charge in [0.05, 0.1) is 26.9 Å². The molecule has 0 saturated carbocycles. The van der Waals surface area contributed by atoms with Crippen LogP contribution >= 0.6 is 0 Å². The first-order valence-corrected chi connectivity index (χ1v) is 6.26. The summed E-state index contributed by atoms with van der Waals surface area (Å²) in [4.78, 5) is 0. The third-order valence-corrected chi connectivity index (χ3v) is 4.80. The molecule has 1 aliphatic rings. The standard InChI is InChI=1S/C4H8O5S2/c5-10(6)2-1-4(3-10)11(7,8)9/h4H,1-3H2,(H,7,8,9)/p-1/t4-/m1/s1. The normalized spacial score (nSPS) is 30.5. The van der Waals surface area contributed by atoms with Crippen molar-refractivity contribution in [1.29, 1.82) is 0 Å². The van der Waals surface area contributed by atoms with Crippen molar-refractivity contribution in [3.05, 3.63) is 0 Å². The van der Waals surface area contributed by atoms with Gasteiger partial charge in [-0.1, -0.05) is 0 Å². The molecule has 5 nitrogen and oxygen atoms in total. The van der Waals surface area contributed by atoms with Gasteiger partial charge in [0.15, 0.2) is 9.84 Å². The largest absolute Gasteiger partial charge is 0.748 e. The van der Waals surface area contributed by atoms with Gasteiger partial charge in [-0.15, -0.1) is 0 Å². The van der Waals surface area contributed by atoms with Crippen molar-refractivity contribution in [2.75, 3.05) is 11.5 Å². The molecule has 0 aliphatic carbocycles. The van der Waals surface area contributed by atoms with E-state index in [1.54, 1.807) is 0 Å². The molecule has 1 rings (SSSR count). The van der Waals surface area contributed by atoms with E-state index in [1.165, 1.54) is 0 Å². The van der Waals surface area contributed by atoms with Crippen LogP contribution in [-0.4, -0.2) is 38.1 Å². The van der Waals surface area contributed by atoms with E-state index in [-0.39, 0.29) is 12.2 Å². The lowest BCUT2D eigenvalue weighted by Crippen LogP contribution is -2.21. The van der Waals surface area contributed by atoms with Crippen LogP contribution in [-0.2, 0) is 20.0 Å². The first kappa shape index (κ1) is 8.95. The van der Waals surface area contributed by atoms with E-state index in [9.17, 15) is 21.4 Å². The van der Waals surface area contributed by atoms with Gasteiger partial charge in [-0.25, -0.2) is 16.8 Å². The molecule has 7 heteroatoms. The summed E-state index contributed by atoms with van der Waals surface area (Å²) in [6.45, 7) is 0. The van der Waals surface area contributed by atoms with Crippen LogP contribution in [0.2, 0.25) is 0 Å². The predicted octanol–water partition coefficient (Wildman–Crippen LogP) is -1.28. The molecule has 0 N–H and O–H groups in total. The van der Waals surface area contributed by atoms with Crippen molar-refractivity contribution in [2.24, 2.45) is 0 Å². The highest BCUT2D eigenvalue weighted by atomic mass is 32.2. The second-order valence-corrected chi connectivity index (χ2v) is 6.40.